The Balaban J connectivity index is 1.42. The quantitative estimate of drug-likeness (QED) is 0.516. The molecule has 0 spiro atoms. The second-order valence-corrected chi connectivity index (χ2v) is 9.43. The average molecular weight is 409 g/mol. The highest BCUT2D eigenvalue weighted by Gasteiger charge is 2.31. The fraction of sp³-hybridized carbons (Fsp3) is 0.409. The van der Waals surface area contributed by atoms with E-state index in [0.29, 0.717) is 6.61 Å². The van der Waals surface area contributed by atoms with E-state index in [2.05, 4.69) is 49.5 Å². The van der Waals surface area contributed by atoms with E-state index < -0.39 is 0 Å². The van der Waals surface area contributed by atoms with Gasteiger partial charge < -0.3 is 10.1 Å². The lowest BCUT2D eigenvalue weighted by atomic mass is 9.94. The van der Waals surface area contributed by atoms with E-state index in [4.69, 9.17) is 19.8 Å². The van der Waals surface area contributed by atoms with E-state index in [-0.39, 0.29) is 5.60 Å². The van der Waals surface area contributed by atoms with Crippen LogP contribution in [0.5, 0.6) is 0 Å². The first-order chi connectivity index (χ1) is 14.0. The molecule has 0 amide bonds. The highest BCUT2D eigenvalue weighted by molar-refractivity contribution is 7.19. The molecular weight excluding hydrogens is 382 g/mol. The lowest BCUT2D eigenvalue weighted by Crippen LogP contribution is -2.83. The van der Waals surface area contributed by atoms with Crippen LogP contribution < -0.4 is 5.32 Å². The van der Waals surface area contributed by atoms with Crippen molar-refractivity contribution in [3.8, 4) is 0 Å². The molecule has 4 aromatic rings. The van der Waals surface area contributed by atoms with Crippen LogP contribution in [0.4, 0.5) is 0 Å². The summed E-state index contributed by atoms with van der Waals surface area (Å²) in [5.41, 5.74) is 3.49. The lowest BCUT2D eigenvalue weighted by molar-refractivity contribution is -0.671. The first-order valence-corrected chi connectivity index (χ1v) is 11.0. The summed E-state index contributed by atoms with van der Waals surface area (Å²) in [7, 11) is 0. The highest BCUT2D eigenvalue weighted by atomic mass is 32.1. The van der Waals surface area contributed by atoms with E-state index in [1.54, 1.807) is 11.3 Å². The smallest absolute Gasteiger partial charge is 0.206 e. The Morgan fingerprint density at radius 1 is 1.21 bits per heavy atom. The standard InChI is InChI=1S/C22H25N5OS/c1-14-24-21-19(16-11-22(2,3)28-13-17(16)29-21)20-25-18(26-27(14)20)12-23-10-9-15-7-5-4-6-8-15/h4-8,23H,9-13H2,1-3H3/p+1. The monoisotopic (exact) mass is 408 g/mol. The molecular formula is C22H26N5OS+. The zero-order valence-corrected chi connectivity index (χ0v) is 17.9. The summed E-state index contributed by atoms with van der Waals surface area (Å²) in [6.45, 7) is 8.75. The third-order valence-corrected chi connectivity index (χ3v) is 6.62. The third-order valence-electron chi connectivity index (χ3n) is 5.52. The molecule has 6 nitrogen and oxygen atoms in total. The van der Waals surface area contributed by atoms with Gasteiger partial charge in [-0.15, -0.1) is 16.4 Å². The zero-order valence-electron chi connectivity index (χ0n) is 17.1. The van der Waals surface area contributed by atoms with E-state index in [9.17, 15) is 0 Å². The minimum atomic E-state index is -0.156. The Bertz CT molecular complexity index is 1180. The van der Waals surface area contributed by atoms with Crippen molar-refractivity contribution in [2.45, 2.75) is 52.4 Å². The van der Waals surface area contributed by atoms with Crippen LogP contribution in [0.3, 0.4) is 0 Å². The van der Waals surface area contributed by atoms with Crippen molar-refractivity contribution in [2.24, 2.45) is 0 Å². The van der Waals surface area contributed by atoms with Gasteiger partial charge in [-0.3, -0.25) is 0 Å². The van der Waals surface area contributed by atoms with Gasteiger partial charge in [0.15, 0.2) is 5.65 Å². The third kappa shape index (κ3) is 3.54. The van der Waals surface area contributed by atoms with Gasteiger partial charge >= 0.3 is 0 Å². The predicted octanol–water partition coefficient (Wildman–Crippen LogP) is 2.80. The average Bonchev–Trinajstić information content (AvgIpc) is 3.26. The molecule has 0 aliphatic carbocycles. The Morgan fingerprint density at radius 2 is 2.03 bits per heavy atom. The van der Waals surface area contributed by atoms with Crippen molar-refractivity contribution < 1.29 is 10.1 Å². The molecule has 0 saturated carbocycles. The largest absolute Gasteiger partial charge is 0.370 e. The lowest BCUT2D eigenvalue weighted by Gasteiger charge is -2.30. The normalized spacial score (nSPS) is 15.8. The SMILES string of the molecule is Cc1nc2sc3c(c2c2nc(C[NH2+]CCc4ccccc4)nn12)CC(C)(C)OC3. The number of nitrogens with two attached hydrogens (primary N) is 1. The molecule has 150 valence electrons. The number of nitrogens with zero attached hydrogens (tertiary/aromatic N) is 4. The Morgan fingerprint density at radius 3 is 2.86 bits per heavy atom. The summed E-state index contributed by atoms with van der Waals surface area (Å²) in [5, 5.41) is 8.20. The molecule has 7 heteroatoms. The van der Waals surface area contributed by atoms with Gasteiger partial charge in [-0.05, 0) is 31.9 Å². The molecule has 0 radical (unpaired) electrons. The molecule has 5 rings (SSSR count). The molecule has 3 aromatic heterocycles. The number of rotatable bonds is 5. The number of benzene rings is 1. The second-order valence-electron chi connectivity index (χ2n) is 8.35. The Kier molecular flexibility index (Phi) is 4.61. The number of quaternary nitrogens is 1. The van der Waals surface area contributed by atoms with Crippen LogP contribution in [0.15, 0.2) is 30.3 Å². The first kappa shape index (κ1) is 18.7. The molecule has 4 heterocycles. The maximum Gasteiger partial charge on any atom is 0.206 e. The number of thiophene rings is 1. The molecule has 1 aliphatic heterocycles. The topological polar surface area (TPSA) is 68.9 Å². The fourth-order valence-electron chi connectivity index (χ4n) is 4.02. The summed E-state index contributed by atoms with van der Waals surface area (Å²) >= 11 is 1.73. The summed E-state index contributed by atoms with van der Waals surface area (Å²) in [4.78, 5) is 12.1. The molecule has 0 saturated heterocycles. The van der Waals surface area contributed by atoms with E-state index in [1.165, 1.54) is 16.0 Å². The fourth-order valence-corrected chi connectivity index (χ4v) is 5.16. The Hall–Kier alpha value is -2.35. The van der Waals surface area contributed by atoms with Crippen molar-refractivity contribution in [3.05, 3.63) is 58.0 Å². The molecule has 0 bridgehead atoms. The first-order valence-electron chi connectivity index (χ1n) is 10.2. The van der Waals surface area contributed by atoms with Crippen LogP contribution in [-0.2, 0) is 30.7 Å². The van der Waals surface area contributed by atoms with E-state index in [1.807, 2.05) is 11.4 Å². The van der Waals surface area contributed by atoms with Crippen LogP contribution in [-0.4, -0.2) is 31.7 Å². The van der Waals surface area contributed by atoms with Crippen LogP contribution in [0.1, 0.15) is 41.5 Å². The zero-order chi connectivity index (χ0) is 20.0. The molecule has 1 aromatic carbocycles. The van der Waals surface area contributed by atoms with Gasteiger partial charge in [0.2, 0.25) is 5.82 Å². The van der Waals surface area contributed by atoms with Gasteiger partial charge in [-0.1, -0.05) is 30.3 Å². The summed E-state index contributed by atoms with van der Waals surface area (Å²) in [5.74, 6) is 1.75. The summed E-state index contributed by atoms with van der Waals surface area (Å²) in [6.07, 6.45) is 1.93. The summed E-state index contributed by atoms with van der Waals surface area (Å²) in [6, 6.07) is 10.6. The maximum atomic E-state index is 6.01. The predicted molar refractivity (Wildman–Crippen MR) is 114 cm³/mol. The highest BCUT2D eigenvalue weighted by Crippen LogP contribution is 2.39. The number of hydrogen-bond acceptors (Lipinski definition) is 5. The molecule has 0 atom stereocenters. The minimum absolute atomic E-state index is 0.156. The second kappa shape index (κ2) is 7.16. The van der Waals surface area contributed by atoms with Gasteiger partial charge in [0, 0.05) is 17.7 Å². The minimum Gasteiger partial charge on any atom is -0.370 e. The van der Waals surface area contributed by atoms with Gasteiger partial charge in [0.25, 0.3) is 0 Å². The van der Waals surface area contributed by atoms with Crippen molar-refractivity contribution >= 4 is 27.2 Å². The molecule has 29 heavy (non-hydrogen) atoms. The van der Waals surface area contributed by atoms with Crippen molar-refractivity contribution in [2.75, 3.05) is 6.54 Å². The van der Waals surface area contributed by atoms with Crippen molar-refractivity contribution in [1.82, 2.24) is 19.6 Å². The van der Waals surface area contributed by atoms with E-state index >= 15 is 0 Å². The van der Waals surface area contributed by atoms with Gasteiger partial charge in [0.05, 0.1) is 24.1 Å². The number of aryl methyl sites for hydroxylation is 1. The van der Waals surface area contributed by atoms with Gasteiger partial charge in [0.1, 0.15) is 17.2 Å². The Labute approximate surface area is 173 Å². The molecule has 0 fully saturated rings. The number of ether oxygens (including phenoxy) is 1. The van der Waals surface area contributed by atoms with Crippen LogP contribution in [0.25, 0.3) is 15.9 Å². The van der Waals surface area contributed by atoms with Gasteiger partial charge in [-0.25, -0.2) is 9.97 Å². The van der Waals surface area contributed by atoms with Crippen LogP contribution in [0, 0.1) is 6.92 Å². The van der Waals surface area contributed by atoms with Crippen LogP contribution >= 0.6 is 11.3 Å². The van der Waals surface area contributed by atoms with Crippen molar-refractivity contribution in [3.63, 3.8) is 0 Å². The summed E-state index contributed by atoms with van der Waals surface area (Å²) < 4.78 is 7.92. The molecule has 1 aliphatic rings. The number of hydrogen-bond donors (Lipinski definition) is 1. The number of aromatic nitrogens is 4. The van der Waals surface area contributed by atoms with Gasteiger partial charge in [-0.2, -0.15) is 4.52 Å². The number of fused-ring (bicyclic) bond motifs is 5. The molecule has 2 N–H and O–H groups in total. The maximum absolute atomic E-state index is 6.01. The van der Waals surface area contributed by atoms with E-state index in [0.717, 1.165) is 53.4 Å². The van der Waals surface area contributed by atoms with Crippen LogP contribution in [0.2, 0.25) is 0 Å². The van der Waals surface area contributed by atoms with Crippen molar-refractivity contribution in [1.29, 1.82) is 0 Å². The molecule has 0 unspecified atom stereocenters.